The molecule has 4 aromatic rings. The maximum atomic E-state index is 12.0. The maximum absolute atomic E-state index is 12.0. The Hall–Kier alpha value is -5.10. The van der Waals surface area contributed by atoms with E-state index in [1.165, 1.54) is 23.4 Å². The Morgan fingerprint density at radius 3 is 1.63 bits per heavy atom. The van der Waals surface area contributed by atoms with E-state index in [0.717, 1.165) is 39.0 Å². The standard InChI is InChI=1S/C35H39N3O8S2Si.2O3S/c1-37(22-24-11-15-28(16-12-24)47(41,42)43)26-13-17-29-32(20-26)49(3,4)33-21-27(14-18-30(33)35(29)36-19-7-10-34(39)40)38(2)23-25-8-5-6-9-31(25)48(44,45)46;2*1-4(2)3/h5-6,8-9,11-18,20-21H,7,10,19,22-23H2,1-4H3,(H,39,40)(H,41,42,43)(H,44,45,46);;/p+1. The van der Waals surface area contributed by atoms with Crippen LogP contribution in [0.4, 0.5) is 11.4 Å². The highest BCUT2D eigenvalue weighted by Gasteiger charge is 2.40. The first-order valence-corrected chi connectivity index (χ1v) is 24.5. The molecule has 4 aromatic carbocycles. The number of hydrogen-bond donors (Lipinski definition) is 4. The Labute approximate surface area is 334 Å². The summed E-state index contributed by atoms with van der Waals surface area (Å²) in [6, 6.07) is 25.0. The third-order valence-electron chi connectivity index (χ3n) is 8.94. The van der Waals surface area contributed by atoms with E-state index in [2.05, 4.69) is 47.3 Å². The first kappa shape index (κ1) is 46.3. The van der Waals surface area contributed by atoms with Gasteiger partial charge in [-0.25, -0.2) is 4.99 Å². The first-order valence-electron chi connectivity index (χ1n) is 16.6. The van der Waals surface area contributed by atoms with E-state index in [1.54, 1.807) is 30.3 Å². The monoisotopic (exact) mass is 882 g/mol. The SMILES string of the molecule is CN(Cc1ccc(S(=O)(=O)O)cc1)c1ccc2c(c1)[Si](C)(C)c1cc(N(C)Cc3ccccc3S(=O)(=O)O)ccc1C2=[NH+]CCCC(=O)O.O=S(=O)=O.O=S(=O)=O. The van der Waals surface area contributed by atoms with Crippen molar-refractivity contribution in [2.75, 3.05) is 30.4 Å². The van der Waals surface area contributed by atoms with Crippen LogP contribution in [0.3, 0.4) is 0 Å². The van der Waals surface area contributed by atoms with Crippen molar-refractivity contribution in [3.8, 4) is 0 Å². The van der Waals surface area contributed by atoms with Gasteiger partial charge in [0.25, 0.3) is 20.2 Å². The van der Waals surface area contributed by atoms with Crippen LogP contribution < -0.4 is 25.2 Å². The number of benzene rings is 4. The second kappa shape index (κ2) is 19.4. The number of carbonyl (C=O) groups is 1. The predicted octanol–water partition coefficient (Wildman–Crippen LogP) is 0.363. The molecule has 22 heteroatoms. The van der Waals surface area contributed by atoms with Crippen LogP contribution in [0.25, 0.3) is 0 Å². The lowest BCUT2D eigenvalue weighted by molar-refractivity contribution is -0.456. The van der Waals surface area contributed by atoms with Gasteiger partial charge in [-0.3, -0.25) is 13.9 Å². The normalized spacial score (nSPS) is 13.4. The van der Waals surface area contributed by atoms with Gasteiger partial charge in [0.2, 0.25) is 5.71 Å². The molecule has 5 rings (SSSR count). The number of rotatable bonds is 12. The van der Waals surface area contributed by atoms with Crippen molar-refractivity contribution in [1.29, 1.82) is 0 Å². The molecule has 0 unspecified atom stereocenters. The lowest BCUT2D eigenvalue weighted by atomic mass is 9.99. The molecule has 0 amide bonds. The number of nitrogens with one attached hydrogen (secondary N) is 1. The third kappa shape index (κ3) is 13.0. The molecule has 1 aliphatic heterocycles. The smallest absolute Gasteiger partial charge is 0.425 e. The number of carboxylic acid groups (broad SMARTS) is 1. The number of fused-ring (bicyclic) bond motifs is 2. The largest absolute Gasteiger partial charge is 0.481 e. The summed E-state index contributed by atoms with van der Waals surface area (Å²) in [4.78, 5) is 18.5. The summed E-state index contributed by atoms with van der Waals surface area (Å²) in [5, 5.41) is 11.5. The molecule has 0 radical (unpaired) electrons. The zero-order valence-electron chi connectivity index (χ0n) is 31.0. The van der Waals surface area contributed by atoms with Crippen LogP contribution in [0, 0.1) is 0 Å². The molecule has 57 heavy (non-hydrogen) atoms. The van der Waals surface area contributed by atoms with E-state index in [9.17, 15) is 35.8 Å². The average molecular weight is 883 g/mol. The Morgan fingerprint density at radius 1 is 0.702 bits per heavy atom. The highest BCUT2D eigenvalue weighted by Crippen LogP contribution is 2.27. The van der Waals surface area contributed by atoms with Crippen LogP contribution in [0.2, 0.25) is 13.1 Å². The van der Waals surface area contributed by atoms with E-state index in [1.807, 2.05) is 31.1 Å². The third-order valence-corrected chi connectivity index (χ3v) is 14.3. The molecule has 0 bridgehead atoms. The van der Waals surface area contributed by atoms with E-state index in [4.69, 9.17) is 25.3 Å². The predicted molar refractivity (Wildman–Crippen MR) is 212 cm³/mol. The highest BCUT2D eigenvalue weighted by molar-refractivity contribution is 7.86. The molecule has 0 spiro atoms. The van der Waals surface area contributed by atoms with Crippen LogP contribution >= 0.6 is 0 Å². The van der Waals surface area contributed by atoms with E-state index in [0.29, 0.717) is 25.1 Å². The van der Waals surface area contributed by atoms with Crippen LogP contribution in [0.1, 0.15) is 35.1 Å². The van der Waals surface area contributed by atoms with E-state index >= 15 is 0 Å². The summed E-state index contributed by atoms with van der Waals surface area (Å²) >= 11 is 0. The minimum Gasteiger partial charge on any atom is -0.481 e. The fourth-order valence-corrected chi connectivity index (χ4v) is 10.6. The van der Waals surface area contributed by atoms with Gasteiger partial charge in [-0.2, -0.15) is 16.8 Å². The summed E-state index contributed by atoms with van der Waals surface area (Å²) in [5.74, 6) is -0.853. The molecule has 0 saturated carbocycles. The number of nitrogens with zero attached hydrogens (tertiary/aromatic N) is 2. The Balaban J connectivity index is 0.000000994. The van der Waals surface area contributed by atoms with Gasteiger partial charge in [-0.1, -0.05) is 43.4 Å². The van der Waals surface area contributed by atoms with Crippen molar-refractivity contribution in [3.63, 3.8) is 0 Å². The summed E-state index contributed by atoms with van der Waals surface area (Å²) < 4.78 is 117. The van der Waals surface area contributed by atoms with Gasteiger partial charge in [-0.05, 0) is 76.1 Å². The van der Waals surface area contributed by atoms with Crippen LogP contribution in [0.5, 0.6) is 0 Å². The second-order valence-corrected chi connectivity index (χ2v) is 21.2. The minimum absolute atomic E-state index is 0.0456. The lowest BCUT2D eigenvalue weighted by Gasteiger charge is -2.34. The number of hydrogen-bond acceptors (Lipinski definition) is 13. The maximum Gasteiger partial charge on any atom is 0.425 e. The molecule has 1 heterocycles. The van der Waals surface area contributed by atoms with Crippen molar-refractivity contribution >= 4 is 83.0 Å². The van der Waals surface area contributed by atoms with Crippen molar-refractivity contribution in [2.45, 2.75) is 48.8 Å². The highest BCUT2D eigenvalue weighted by atomic mass is 32.2. The van der Waals surface area contributed by atoms with Crippen molar-refractivity contribution < 1.29 is 66.1 Å². The summed E-state index contributed by atoms with van der Waals surface area (Å²) in [7, 11) is -13.5. The van der Waals surface area contributed by atoms with Gasteiger partial charge in [0.1, 0.15) is 14.6 Å². The summed E-state index contributed by atoms with van der Waals surface area (Å²) in [6.07, 6.45) is 0.499. The minimum atomic E-state index is -4.40. The quantitative estimate of drug-likeness (QED) is 0.0850. The number of carboxylic acids is 1. The molecular formula is C35H40N3O14S4Si+. The fourth-order valence-electron chi connectivity index (χ4n) is 6.31. The molecule has 17 nitrogen and oxygen atoms in total. The summed E-state index contributed by atoms with van der Waals surface area (Å²) in [6.45, 7) is 5.77. The Kier molecular flexibility index (Phi) is 15.7. The molecule has 0 atom stereocenters. The van der Waals surface area contributed by atoms with Crippen LogP contribution in [0.15, 0.2) is 94.7 Å². The molecule has 0 fully saturated rings. The Bertz CT molecular complexity index is 2580. The van der Waals surface area contributed by atoms with Gasteiger partial charge in [0, 0.05) is 56.1 Å². The van der Waals surface area contributed by atoms with Gasteiger partial charge >= 0.3 is 27.2 Å². The van der Waals surface area contributed by atoms with Gasteiger partial charge < -0.3 is 14.9 Å². The topological polar surface area (TPSA) is 269 Å². The van der Waals surface area contributed by atoms with Gasteiger partial charge in [-0.15, -0.1) is 25.3 Å². The Morgan fingerprint density at radius 2 is 1.18 bits per heavy atom. The zero-order chi connectivity index (χ0) is 42.9. The molecule has 1 aliphatic rings. The molecule has 0 aliphatic carbocycles. The zero-order valence-corrected chi connectivity index (χ0v) is 35.2. The van der Waals surface area contributed by atoms with E-state index in [-0.39, 0.29) is 22.8 Å². The fraction of sp³-hybridized carbons (Fsp3) is 0.257. The molecular weight excluding hydrogens is 843 g/mol. The number of anilines is 2. The van der Waals surface area contributed by atoms with Gasteiger partial charge in [0.05, 0.1) is 16.2 Å². The average Bonchev–Trinajstić information content (AvgIpc) is 3.10. The van der Waals surface area contributed by atoms with Crippen molar-refractivity contribution in [1.82, 2.24) is 0 Å². The second-order valence-electron chi connectivity index (χ2n) is 13.2. The van der Waals surface area contributed by atoms with Crippen molar-refractivity contribution in [3.05, 3.63) is 107 Å². The molecule has 0 saturated heterocycles. The molecule has 0 aromatic heterocycles. The van der Waals surface area contributed by atoms with Gasteiger partial charge in [0.15, 0.2) is 0 Å². The van der Waals surface area contributed by atoms with Crippen LogP contribution in [-0.2, 0) is 59.3 Å². The van der Waals surface area contributed by atoms with Crippen LogP contribution in [-0.4, -0.2) is 96.7 Å². The van der Waals surface area contributed by atoms with Crippen molar-refractivity contribution in [2.24, 2.45) is 0 Å². The number of aliphatic carboxylic acids is 1. The molecule has 306 valence electrons. The van der Waals surface area contributed by atoms with E-state index < -0.39 is 55.5 Å². The lowest BCUT2D eigenvalue weighted by Crippen LogP contribution is -2.77. The molecule has 4 N–H and O–H groups in total. The first-order chi connectivity index (χ1) is 26.4. The summed E-state index contributed by atoms with van der Waals surface area (Å²) in [5.41, 5.74) is 6.18.